The molecule has 2 aliphatic rings. The van der Waals surface area contributed by atoms with E-state index in [9.17, 15) is 0 Å². The van der Waals surface area contributed by atoms with Crippen molar-refractivity contribution in [2.75, 3.05) is 0 Å². The molecule has 2 aliphatic carbocycles. The van der Waals surface area contributed by atoms with Gasteiger partial charge in [-0.15, -0.1) is 0 Å². The van der Waals surface area contributed by atoms with Crippen LogP contribution in [0.1, 0.15) is 40.0 Å². The molecule has 0 aliphatic heterocycles. The molecule has 2 rings (SSSR count). The summed E-state index contributed by atoms with van der Waals surface area (Å²) in [5, 5.41) is 3.71. The van der Waals surface area contributed by atoms with E-state index in [0.717, 1.165) is 5.92 Å². The summed E-state index contributed by atoms with van der Waals surface area (Å²) in [6.45, 7) is 7.09. The first kappa shape index (κ1) is 9.26. The summed E-state index contributed by atoms with van der Waals surface area (Å²) in [5.74, 6) is 0.904. The average molecular weight is 179 g/mol. The van der Waals surface area contributed by atoms with Gasteiger partial charge in [0, 0.05) is 12.1 Å². The number of rotatable bonds is 3. The number of allylic oxidation sites excluding steroid dienone is 1. The normalized spacial score (nSPS) is 37.8. The van der Waals surface area contributed by atoms with Crippen molar-refractivity contribution in [3.05, 3.63) is 12.2 Å². The van der Waals surface area contributed by atoms with Gasteiger partial charge in [-0.1, -0.05) is 26.0 Å². The smallest absolute Gasteiger partial charge is 0.0255 e. The zero-order valence-electron chi connectivity index (χ0n) is 9.01. The van der Waals surface area contributed by atoms with Gasteiger partial charge in [-0.3, -0.25) is 0 Å². The maximum Gasteiger partial charge on any atom is 0.0255 e. The molecule has 13 heavy (non-hydrogen) atoms. The van der Waals surface area contributed by atoms with Gasteiger partial charge >= 0.3 is 0 Å². The molecule has 74 valence electrons. The predicted molar refractivity (Wildman–Crippen MR) is 56.6 cm³/mol. The molecule has 0 heterocycles. The van der Waals surface area contributed by atoms with Gasteiger partial charge in [0.15, 0.2) is 0 Å². The zero-order chi connectivity index (χ0) is 9.47. The van der Waals surface area contributed by atoms with Crippen molar-refractivity contribution in [2.45, 2.75) is 52.1 Å². The lowest BCUT2D eigenvalue weighted by Crippen LogP contribution is -2.36. The maximum atomic E-state index is 3.71. The van der Waals surface area contributed by atoms with E-state index in [0.29, 0.717) is 17.5 Å². The minimum Gasteiger partial charge on any atom is -0.308 e. The minimum atomic E-state index is 0.606. The lowest BCUT2D eigenvalue weighted by Gasteiger charge is -2.19. The molecular weight excluding hydrogens is 158 g/mol. The first-order valence-corrected chi connectivity index (χ1v) is 5.52. The predicted octanol–water partition coefficient (Wildman–Crippen LogP) is 2.73. The van der Waals surface area contributed by atoms with Crippen LogP contribution in [0.2, 0.25) is 0 Å². The van der Waals surface area contributed by atoms with E-state index in [4.69, 9.17) is 0 Å². The fraction of sp³-hybridized carbons (Fsp3) is 0.833. The van der Waals surface area contributed by atoms with Crippen LogP contribution in [0.3, 0.4) is 0 Å². The summed E-state index contributed by atoms with van der Waals surface area (Å²) in [6, 6.07) is 1.36. The van der Waals surface area contributed by atoms with E-state index >= 15 is 0 Å². The highest BCUT2D eigenvalue weighted by molar-refractivity contribution is 5.05. The molecule has 0 bridgehead atoms. The Kier molecular flexibility index (Phi) is 2.23. The lowest BCUT2D eigenvalue weighted by molar-refractivity contribution is 0.402. The number of hydrogen-bond donors (Lipinski definition) is 1. The van der Waals surface area contributed by atoms with E-state index in [1.807, 2.05) is 0 Å². The Bertz CT molecular complexity index is 217. The summed E-state index contributed by atoms with van der Waals surface area (Å²) < 4.78 is 0. The van der Waals surface area contributed by atoms with Crippen molar-refractivity contribution < 1.29 is 0 Å². The van der Waals surface area contributed by atoms with Crippen molar-refractivity contribution in [3.63, 3.8) is 0 Å². The summed E-state index contributed by atoms with van der Waals surface area (Å²) in [6.07, 6.45) is 8.59. The SMILES string of the molecule is CC(NC1C=CCC1)C1CC1(C)C. The number of nitrogens with one attached hydrogen (secondary N) is 1. The van der Waals surface area contributed by atoms with Crippen LogP contribution < -0.4 is 5.32 Å². The highest BCUT2D eigenvalue weighted by atomic mass is 15.0. The molecule has 0 amide bonds. The third-order valence-corrected chi connectivity index (χ3v) is 3.68. The molecule has 0 radical (unpaired) electrons. The van der Waals surface area contributed by atoms with Crippen LogP contribution in [0.25, 0.3) is 0 Å². The standard InChI is InChI=1S/C12H21N/c1-9(11-8-12(11,2)3)13-10-6-4-5-7-10/h4,6,9-11,13H,5,7-8H2,1-3H3. The van der Waals surface area contributed by atoms with E-state index < -0.39 is 0 Å². The third kappa shape index (κ3) is 1.96. The summed E-state index contributed by atoms with van der Waals surface area (Å²) in [4.78, 5) is 0. The van der Waals surface area contributed by atoms with Crippen LogP contribution in [-0.4, -0.2) is 12.1 Å². The van der Waals surface area contributed by atoms with Crippen LogP contribution in [0, 0.1) is 11.3 Å². The summed E-state index contributed by atoms with van der Waals surface area (Å²) in [5.41, 5.74) is 0.606. The van der Waals surface area contributed by atoms with Crippen LogP contribution >= 0.6 is 0 Å². The fourth-order valence-corrected chi connectivity index (χ4v) is 2.59. The van der Waals surface area contributed by atoms with Gasteiger partial charge in [-0.25, -0.2) is 0 Å². The van der Waals surface area contributed by atoms with Crippen molar-refractivity contribution in [1.82, 2.24) is 5.32 Å². The molecule has 1 nitrogen and oxygen atoms in total. The molecule has 1 heteroatoms. The van der Waals surface area contributed by atoms with Gasteiger partial charge in [0.2, 0.25) is 0 Å². The molecule has 1 saturated carbocycles. The van der Waals surface area contributed by atoms with E-state index in [-0.39, 0.29) is 0 Å². The van der Waals surface area contributed by atoms with Gasteiger partial charge < -0.3 is 5.32 Å². The molecule has 3 unspecified atom stereocenters. The van der Waals surface area contributed by atoms with Crippen molar-refractivity contribution in [2.24, 2.45) is 11.3 Å². The van der Waals surface area contributed by atoms with Gasteiger partial charge in [0.25, 0.3) is 0 Å². The van der Waals surface area contributed by atoms with Gasteiger partial charge in [-0.2, -0.15) is 0 Å². The molecule has 0 aromatic carbocycles. The van der Waals surface area contributed by atoms with Crippen LogP contribution in [0.5, 0.6) is 0 Å². The molecule has 0 aromatic heterocycles. The first-order valence-electron chi connectivity index (χ1n) is 5.52. The molecule has 3 atom stereocenters. The molecule has 1 N–H and O–H groups in total. The fourth-order valence-electron chi connectivity index (χ4n) is 2.59. The van der Waals surface area contributed by atoms with Crippen LogP contribution in [0.4, 0.5) is 0 Å². The summed E-state index contributed by atoms with van der Waals surface area (Å²) in [7, 11) is 0. The number of hydrogen-bond acceptors (Lipinski definition) is 1. The molecule has 1 fully saturated rings. The van der Waals surface area contributed by atoms with Crippen molar-refractivity contribution in [3.8, 4) is 0 Å². The van der Waals surface area contributed by atoms with Crippen LogP contribution in [0.15, 0.2) is 12.2 Å². The van der Waals surface area contributed by atoms with Crippen molar-refractivity contribution >= 4 is 0 Å². The van der Waals surface area contributed by atoms with Gasteiger partial charge in [0.1, 0.15) is 0 Å². The van der Waals surface area contributed by atoms with Gasteiger partial charge in [0.05, 0.1) is 0 Å². The molecule has 0 aromatic rings. The minimum absolute atomic E-state index is 0.606. The van der Waals surface area contributed by atoms with E-state index in [2.05, 4.69) is 38.2 Å². The average Bonchev–Trinajstić information content (AvgIpc) is 2.49. The quantitative estimate of drug-likeness (QED) is 0.657. The Balaban J connectivity index is 1.79. The Hall–Kier alpha value is -0.300. The van der Waals surface area contributed by atoms with Gasteiger partial charge in [-0.05, 0) is 37.5 Å². The second-order valence-corrected chi connectivity index (χ2v) is 5.37. The highest BCUT2D eigenvalue weighted by Gasteiger charge is 2.48. The summed E-state index contributed by atoms with van der Waals surface area (Å²) >= 11 is 0. The largest absolute Gasteiger partial charge is 0.308 e. The van der Waals surface area contributed by atoms with Crippen molar-refractivity contribution in [1.29, 1.82) is 0 Å². The topological polar surface area (TPSA) is 12.0 Å². The monoisotopic (exact) mass is 179 g/mol. The molecule has 0 spiro atoms. The second kappa shape index (κ2) is 3.13. The maximum absolute atomic E-state index is 3.71. The molecular formula is C12H21N. The Morgan fingerprint density at radius 1 is 1.46 bits per heavy atom. The third-order valence-electron chi connectivity index (χ3n) is 3.68. The second-order valence-electron chi connectivity index (χ2n) is 5.37. The Labute approximate surface area is 81.6 Å². The van der Waals surface area contributed by atoms with Crippen LogP contribution in [-0.2, 0) is 0 Å². The first-order chi connectivity index (χ1) is 6.09. The Morgan fingerprint density at radius 2 is 2.15 bits per heavy atom. The zero-order valence-corrected chi connectivity index (χ0v) is 9.01. The highest BCUT2D eigenvalue weighted by Crippen LogP contribution is 2.53. The lowest BCUT2D eigenvalue weighted by atomic mass is 10.0. The van der Waals surface area contributed by atoms with E-state index in [1.54, 1.807) is 0 Å². The Morgan fingerprint density at radius 3 is 2.62 bits per heavy atom. The van der Waals surface area contributed by atoms with E-state index in [1.165, 1.54) is 19.3 Å². The molecule has 0 saturated heterocycles.